The smallest absolute Gasteiger partial charge is 0.322 e. The third-order valence-electron chi connectivity index (χ3n) is 1.69. The van der Waals surface area contributed by atoms with Crippen LogP contribution in [-0.4, -0.2) is 23.5 Å². The molecule has 5 nitrogen and oxygen atoms in total. The Balaban J connectivity index is 3.01. The van der Waals surface area contributed by atoms with Crippen molar-refractivity contribution in [3.05, 3.63) is 28.8 Å². The quantitative estimate of drug-likeness (QED) is 0.715. The van der Waals surface area contributed by atoms with Gasteiger partial charge in [-0.25, -0.2) is 0 Å². The molecule has 0 spiro atoms. The van der Waals surface area contributed by atoms with E-state index in [1.165, 1.54) is 12.1 Å². The number of carbonyl (C=O) groups is 2. The Morgan fingerprint density at radius 1 is 1.47 bits per heavy atom. The van der Waals surface area contributed by atoms with E-state index in [2.05, 4.69) is 5.32 Å². The topological polar surface area (TPSA) is 92.4 Å². The van der Waals surface area contributed by atoms with Crippen molar-refractivity contribution in [2.24, 2.45) is 5.73 Å². The highest BCUT2D eigenvalue weighted by Gasteiger charge is 2.12. The summed E-state index contributed by atoms with van der Waals surface area (Å²) in [6.07, 6.45) is 0. The van der Waals surface area contributed by atoms with Gasteiger partial charge in [0, 0.05) is 5.69 Å². The zero-order valence-corrected chi connectivity index (χ0v) is 8.41. The van der Waals surface area contributed by atoms with Crippen LogP contribution in [0.4, 0.5) is 5.69 Å². The molecular formula is C9H9ClN2O3. The molecule has 1 aromatic carbocycles. The number of nitrogens with two attached hydrogens (primary N) is 1. The molecule has 0 fully saturated rings. The second kappa shape index (κ2) is 4.65. The first-order valence-electron chi connectivity index (χ1n) is 4.06. The fraction of sp³-hybridized carbons (Fsp3) is 0.111. The van der Waals surface area contributed by atoms with Crippen molar-refractivity contribution in [2.45, 2.75) is 0 Å². The molecule has 0 aliphatic rings. The van der Waals surface area contributed by atoms with E-state index >= 15 is 0 Å². The van der Waals surface area contributed by atoms with E-state index < -0.39 is 11.9 Å². The van der Waals surface area contributed by atoms with Gasteiger partial charge in [0.2, 0.25) is 0 Å². The second-order valence-corrected chi connectivity index (χ2v) is 3.18. The van der Waals surface area contributed by atoms with Gasteiger partial charge in [0.15, 0.2) is 0 Å². The summed E-state index contributed by atoms with van der Waals surface area (Å²) in [4.78, 5) is 21.4. The van der Waals surface area contributed by atoms with Gasteiger partial charge in [0.1, 0.15) is 6.54 Å². The predicted octanol–water partition coefficient (Wildman–Crippen LogP) is 0.935. The molecule has 80 valence electrons. The van der Waals surface area contributed by atoms with Crippen LogP contribution in [0.25, 0.3) is 0 Å². The Bertz CT molecular complexity index is 406. The summed E-state index contributed by atoms with van der Waals surface area (Å²) in [5.74, 6) is -1.74. The fourth-order valence-corrected chi connectivity index (χ4v) is 1.36. The number of nitrogens with one attached hydrogen (secondary N) is 1. The molecule has 0 bridgehead atoms. The van der Waals surface area contributed by atoms with Crippen molar-refractivity contribution < 1.29 is 14.7 Å². The average molecular weight is 229 g/mol. The normalized spacial score (nSPS) is 9.67. The monoisotopic (exact) mass is 228 g/mol. The summed E-state index contributed by atoms with van der Waals surface area (Å²) in [7, 11) is 0. The number of hydrogen-bond acceptors (Lipinski definition) is 3. The third-order valence-corrected chi connectivity index (χ3v) is 2.01. The van der Waals surface area contributed by atoms with Crippen LogP contribution in [0.5, 0.6) is 0 Å². The summed E-state index contributed by atoms with van der Waals surface area (Å²) in [5, 5.41) is 11.2. The number of carboxylic acids is 1. The van der Waals surface area contributed by atoms with Gasteiger partial charge in [-0.3, -0.25) is 9.59 Å². The lowest BCUT2D eigenvalue weighted by molar-refractivity contribution is -0.134. The van der Waals surface area contributed by atoms with Crippen molar-refractivity contribution in [1.82, 2.24) is 0 Å². The van der Waals surface area contributed by atoms with Crippen LogP contribution in [-0.2, 0) is 4.79 Å². The minimum absolute atomic E-state index is 0.0976. The summed E-state index contributed by atoms with van der Waals surface area (Å²) < 4.78 is 0. The van der Waals surface area contributed by atoms with Crippen molar-refractivity contribution in [3.63, 3.8) is 0 Å². The number of amides is 1. The lowest BCUT2D eigenvalue weighted by Crippen LogP contribution is -2.18. The molecule has 0 radical (unpaired) electrons. The summed E-state index contributed by atoms with van der Waals surface area (Å²) in [6, 6.07) is 4.64. The van der Waals surface area contributed by atoms with Crippen LogP contribution in [0.2, 0.25) is 5.02 Å². The molecule has 0 saturated heterocycles. The molecular weight excluding hydrogens is 220 g/mol. The molecule has 6 heteroatoms. The Morgan fingerprint density at radius 3 is 2.67 bits per heavy atom. The molecule has 1 amide bonds. The van der Waals surface area contributed by atoms with E-state index in [1.807, 2.05) is 0 Å². The maximum Gasteiger partial charge on any atom is 0.322 e. The molecule has 0 aromatic heterocycles. The van der Waals surface area contributed by atoms with Crippen LogP contribution in [0.15, 0.2) is 18.2 Å². The highest BCUT2D eigenvalue weighted by atomic mass is 35.5. The number of hydrogen-bond donors (Lipinski definition) is 3. The molecule has 4 N–H and O–H groups in total. The van der Waals surface area contributed by atoms with E-state index in [9.17, 15) is 9.59 Å². The van der Waals surface area contributed by atoms with Crippen molar-refractivity contribution in [1.29, 1.82) is 0 Å². The van der Waals surface area contributed by atoms with Crippen LogP contribution >= 0.6 is 11.6 Å². The van der Waals surface area contributed by atoms with E-state index in [-0.39, 0.29) is 17.1 Å². The molecule has 0 atom stereocenters. The van der Waals surface area contributed by atoms with Gasteiger partial charge in [0.05, 0.1) is 10.6 Å². The van der Waals surface area contributed by atoms with Crippen LogP contribution in [0.1, 0.15) is 10.4 Å². The van der Waals surface area contributed by atoms with Crippen LogP contribution in [0, 0.1) is 0 Å². The standard InChI is InChI=1S/C9H9ClN2O3/c10-5-2-1-3-6(8(5)9(11)15)12-4-7(13)14/h1-3,12H,4H2,(H2,11,15)(H,13,14). The molecule has 0 heterocycles. The van der Waals surface area contributed by atoms with E-state index in [4.69, 9.17) is 22.4 Å². The first kappa shape index (κ1) is 11.3. The first-order valence-corrected chi connectivity index (χ1v) is 4.44. The molecule has 15 heavy (non-hydrogen) atoms. The zero-order chi connectivity index (χ0) is 11.4. The van der Waals surface area contributed by atoms with Gasteiger partial charge in [-0.15, -0.1) is 0 Å². The van der Waals surface area contributed by atoms with Crippen LogP contribution in [0.3, 0.4) is 0 Å². The highest BCUT2D eigenvalue weighted by molar-refractivity contribution is 6.34. The molecule has 0 unspecified atom stereocenters. The maximum atomic E-state index is 11.0. The Kier molecular flexibility index (Phi) is 3.51. The van der Waals surface area contributed by atoms with E-state index in [1.54, 1.807) is 6.07 Å². The minimum atomic E-state index is -1.04. The van der Waals surface area contributed by atoms with E-state index in [0.29, 0.717) is 5.69 Å². The number of halogens is 1. The van der Waals surface area contributed by atoms with Gasteiger partial charge in [-0.05, 0) is 12.1 Å². The Morgan fingerprint density at radius 2 is 2.13 bits per heavy atom. The molecule has 0 saturated carbocycles. The van der Waals surface area contributed by atoms with Gasteiger partial charge in [-0.2, -0.15) is 0 Å². The Hall–Kier alpha value is -1.75. The van der Waals surface area contributed by atoms with Gasteiger partial charge < -0.3 is 16.2 Å². The lowest BCUT2D eigenvalue weighted by atomic mass is 10.1. The number of benzene rings is 1. The van der Waals surface area contributed by atoms with Gasteiger partial charge in [-0.1, -0.05) is 17.7 Å². The van der Waals surface area contributed by atoms with E-state index in [0.717, 1.165) is 0 Å². The van der Waals surface area contributed by atoms with Gasteiger partial charge in [0.25, 0.3) is 5.91 Å². The fourth-order valence-electron chi connectivity index (χ4n) is 1.09. The minimum Gasteiger partial charge on any atom is -0.480 e. The third kappa shape index (κ3) is 2.85. The number of anilines is 1. The first-order chi connectivity index (χ1) is 7.02. The SMILES string of the molecule is NC(=O)c1c(Cl)cccc1NCC(=O)O. The average Bonchev–Trinajstić information content (AvgIpc) is 2.13. The lowest BCUT2D eigenvalue weighted by Gasteiger charge is -2.09. The summed E-state index contributed by atoms with van der Waals surface area (Å²) in [5.41, 5.74) is 5.53. The predicted molar refractivity (Wildman–Crippen MR) is 56.1 cm³/mol. The second-order valence-electron chi connectivity index (χ2n) is 2.77. The van der Waals surface area contributed by atoms with Crippen LogP contribution < -0.4 is 11.1 Å². The number of carboxylic acid groups (broad SMARTS) is 1. The number of carbonyl (C=O) groups excluding carboxylic acids is 1. The number of aliphatic carboxylic acids is 1. The van der Waals surface area contributed by atoms with Crippen molar-refractivity contribution in [3.8, 4) is 0 Å². The number of rotatable bonds is 4. The molecule has 0 aliphatic heterocycles. The highest BCUT2D eigenvalue weighted by Crippen LogP contribution is 2.23. The summed E-state index contributed by atoms with van der Waals surface area (Å²) >= 11 is 5.75. The maximum absolute atomic E-state index is 11.0. The van der Waals surface area contributed by atoms with Gasteiger partial charge >= 0.3 is 5.97 Å². The zero-order valence-electron chi connectivity index (χ0n) is 7.66. The molecule has 0 aliphatic carbocycles. The number of primary amides is 1. The summed E-state index contributed by atoms with van der Waals surface area (Å²) in [6.45, 7) is -0.305. The van der Waals surface area contributed by atoms with Crippen molar-refractivity contribution >= 4 is 29.2 Å². The molecule has 1 aromatic rings. The molecule has 1 rings (SSSR count). The largest absolute Gasteiger partial charge is 0.480 e. The Labute approximate surface area is 90.8 Å². The van der Waals surface area contributed by atoms with Crippen molar-refractivity contribution in [2.75, 3.05) is 11.9 Å².